The predicted octanol–water partition coefficient (Wildman–Crippen LogP) is 2.77. The smallest absolute Gasteiger partial charge is 0.315 e. The summed E-state index contributed by atoms with van der Waals surface area (Å²) in [6.45, 7) is 6.27. The van der Waals surface area contributed by atoms with Gasteiger partial charge in [-0.3, -0.25) is 0 Å². The number of carbonyl (C=O) groups excluding carboxylic acids is 1. The minimum atomic E-state index is -1.07. The van der Waals surface area contributed by atoms with E-state index in [2.05, 4.69) is 24.5 Å². The first-order valence-electron chi connectivity index (χ1n) is 7.63. The fraction of sp³-hybridized carbons (Fsp3) is 0.588. The van der Waals surface area contributed by atoms with Crippen molar-refractivity contribution >= 4 is 6.03 Å². The molecule has 2 atom stereocenters. The molecule has 0 spiro atoms. The van der Waals surface area contributed by atoms with Crippen LogP contribution in [-0.2, 0) is 5.60 Å². The molecule has 1 aromatic carbocycles. The van der Waals surface area contributed by atoms with E-state index < -0.39 is 5.60 Å². The summed E-state index contributed by atoms with van der Waals surface area (Å²) in [7, 11) is 0. The van der Waals surface area contributed by atoms with Gasteiger partial charge in [-0.05, 0) is 30.7 Å². The second kappa shape index (κ2) is 6.06. The van der Waals surface area contributed by atoms with Crippen LogP contribution >= 0.6 is 0 Å². The van der Waals surface area contributed by atoms with Crippen LogP contribution in [0.15, 0.2) is 30.3 Å². The monoisotopic (exact) mass is 290 g/mol. The lowest BCUT2D eigenvalue weighted by Gasteiger charge is -2.29. The largest absolute Gasteiger partial charge is 0.384 e. The van der Waals surface area contributed by atoms with Crippen LogP contribution < -0.4 is 10.6 Å². The second-order valence-corrected chi connectivity index (χ2v) is 6.90. The lowest BCUT2D eigenvalue weighted by Crippen LogP contribution is -2.49. The number of nitrogens with one attached hydrogen (secondary N) is 2. The van der Waals surface area contributed by atoms with Crippen molar-refractivity contribution in [1.82, 2.24) is 10.6 Å². The molecule has 116 valence electrons. The molecule has 0 radical (unpaired) electrons. The number of carbonyl (C=O) groups is 1. The van der Waals surface area contributed by atoms with Crippen molar-refractivity contribution in [2.24, 2.45) is 5.41 Å². The molecule has 0 heterocycles. The molecular weight excluding hydrogens is 264 g/mol. The van der Waals surface area contributed by atoms with Crippen LogP contribution in [0.25, 0.3) is 0 Å². The average Bonchev–Trinajstić information content (AvgIpc) is 2.77. The van der Waals surface area contributed by atoms with E-state index in [1.165, 1.54) is 0 Å². The zero-order chi connectivity index (χ0) is 15.5. The first-order chi connectivity index (χ1) is 9.81. The van der Waals surface area contributed by atoms with Crippen molar-refractivity contribution in [3.8, 4) is 0 Å². The maximum Gasteiger partial charge on any atom is 0.315 e. The number of benzene rings is 1. The van der Waals surface area contributed by atoms with Crippen molar-refractivity contribution in [2.75, 3.05) is 6.54 Å². The number of aliphatic hydroxyl groups is 1. The van der Waals surface area contributed by atoms with Gasteiger partial charge < -0.3 is 15.7 Å². The molecule has 3 N–H and O–H groups in total. The predicted molar refractivity (Wildman–Crippen MR) is 84.0 cm³/mol. The summed E-state index contributed by atoms with van der Waals surface area (Å²) < 4.78 is 0. The minimum absolute atomic E-state index is 0.152. The van der Waals surface area contributed by atoms with Crippen molar-refractivity contribution in [1.29, 1.82) is 0 Å². The standard InChI is InChI=1S/C17H26N2O2/c1-16(2)11-7-10-14(16)19-15(20)18-12-17(3,21)13-8-5-4-6-9-13/h4-6,8-9,14,21H,7,10-12H2,1-3H3,(H2,18,19,20). The number of hydrogen-bond acceptors (Lipinski definition) is 2. The Hall–Kier alpha value is -1.55. The van der Waals surface area contributed by atoms with Crippen LogP contribution in [0.1, 0.15) is 45.6 Å². The molecular formula is C17H26N2O2. The molecule has 2 rings (SSSR count). The van der Waals surface area contributed by atoms with E-state index in [9.17, 15) is 9.90 Å². The fourth-order valence-electron chi connectivity index (χ4n) is 2.96. The summed E-state index contributed by atoms with van der Waals surface area (Å²) in [4.78, 5) is 12.0. The quantitative estimate of drug-likeness (QED) is 0.798. The maximum atomic E-state index is 12.0. The van der Waals surface area contributed by atoms with E-state index in [-0.39, 0.29) is 24.0 Å². The summed E-state index contributed by atoms with van der Waals surface area (Å²) in [5, 5.41) is 16.3. The molecule has 4 heteroatoms. The van der Waals surface area contributed by atoms with Gasteiger partial charge in [-0.1, -0.05) is 50.6 Å². The lowest BCUT2D eigenvalue weighted by atomic mass is 9.87. The number of rotatable bonds is 4. The highest BCUT2D eigenvalue weighted by atomic mass is 16.3. The third-order valence-corrected chi connectivity index (χ3v) is 4.55. The molecule has 21 heavy (non-hydrogen) atoms. The Morgan fingerprint density at radius 3 is 2.62 bits per heavy atom. The number of hydrogen-bond donors (Lipinski definition) is 3. The van der Waals surface area contributed by atoms with Gasteiger partial charge in [-0.2, -0.15) is 0 Å². The molecule has 1 fully saturated rings. The van der Waals surface area contributed by atoms with Crippen molar-refractivity contribution in [3.05, 3.63) is 35.9 Å². The van der Waals surface area contributed by atoms with Gasteiger partial charge in [0, 0.05) is 6.04 Å². The second-order valence-electron chi connectivity index (χ2n) is 6.90. The van der Waals surface area contributed by atoms with E-state index in [4.69, 9.17) is 0 Å². The van der Waals surface area contributed by atoms with E-state index >= 15 is 0 Å². The van der Waals surface area contributed by atoms with E-state index in [1.54, 1.807) is 6.92 Å². The lowest BCUT2D eigenvalue weighted by molar-refractivity contribution is 0.0591. The van der Waals surface area contributed by atoms with Gasteiger partial charge in [0.25, 0.3) is 0 Å². The highest BCUT2D eigenvalue weighted by molar-refractivity contribution is 5.74. The van der Waals surface area contributed by atoms with Gasteiger partial charge in [-0.15, -0.1) is 0 Å². The maximum absolute atomic E-state index is 12.0. The summed E-state index contributed by atoms with van der Waals surface area (Å²) in [5.74, 6) is 0. The van der Waals surface area contributed by atoms with Gasteiger partial charge >= 0.3 is 6.03 Å². The molecule has 1 aliphatic rings. The Morgan fingerprint density at radius 2 is 2.05 bits per heavy atom. The molecule has 2 unspecified atom stereocenters. The zero-order valence-corrected chi connectivity index (χ0v) is 13.1. The molecule has 0 saturated heterocycles. The molecule has 2 amide bonds. The first-order valence-corrected chi connectivity index (χ1v) is 7.63. The molecule has 1 aliphatic carbocycles. The van der Waals surface area contributed by atoms with Gasteiger partial charge in [0.2, 0.25) is 0 Å². The highest BCUT2D eigenvalue weighted by Gasteiger charge is 2.35. The van der Waals surface area contributed by atoms with Crippen LogP contribution in [0.3, 0.4) is 0 Å². The van der Waals surface area contributed by atoms with Crippen LogP contribution in [0, 0.1) is 5.41 Å². The Labute approximate surface area is 126 Å². The molecule has 1 aromatic rings. The van der Waals surface area contributed by atoms with Gasteiger partial charge in [-0.25, -0.2) is 4.79 Å². The van der Waals surface area contributed by atoms with Crippen molar-refractivity contribution in [3.63, 3.8) is 0 Å². The molecule has 0 bridgehead atoms. The third-order valence-electron chi connectivity index (χ3n) is 4.55. The third kappa shape index (κ3) is 3.97. The van der Waals surface area contributed by atoms with Gasteiger partial charge in [0.05, 0.1) is 6.54 Å². The minimum Gasteiger partial charge on any atom is -0.384 e. The van der Waals surface area contributed by atoms with Gasteiger partial charge in [0.1, 0.15) is 5.60 Å². The van der Waals surface area contributed by atoms with Crippen molar-refractivity contribution < 1.29 is 9.90 Å². The fourth-order valence-corrected chi connectivity index (χ4v) is 2.96. The van der Waals surface area contributed by atoms with E-state index in [0.717, 1.165) is 24.8 Å². The van der Waals surface area contributed by atoms with Crippen LogP contribution in [0.2, 0.25) is 0 Å². The summed E-state index contributed by atoms with van der Waals surface area (Å²) in [5.41, 5.74) is -0.116. The topological polar surface area (TPSA) is 61.4 Å². The molecule has 4 nitrogen and oxygen atoms in total. The summed E-state index contributed by atoms with van der Waals surface area (Å²) in [6.07, 6.45) is 3.31. The average molecular weight is 290 g/mol. The molecule has 0 aromatic heterocycles. The van der Waals surface area contributed by atoms with Gasteiger partial charge in [0.15, 0.2) is 0 Å². The Morgan fingerprint density at radius 1 is 1.38 bits per heavy atom. The van der Waals surface area contributed by atoms with Crippen LogP contribution in [0.4, 0.5) is 4.79 Å². The molecule has 1 saturated carbocycles. The SMILES string of the molecule is CC(O)(CNC(=O)NC1CCCC1(C)C)c1ccccc1. The number of urea groups is 1. The summed E-state index contributed by atoms with van der Waals surface area (Å²) >= 11 is 0. The zero-order valence-electron chi connectivity index (χ0n) is 13.1. The van der Waals surface area contributed by atoms with E-state index in [0.29, 0.717) is 0 Å². The Balaban J connectivity index is 1.86. The van der Waals surface area contributed by atoms with E-state index in [1.807, 2.05) is 30.3 Å². The normalized spacial score (nSPS) is 23.3. The van der Waals surface area contributed by atoms with Crippen LogP contribution in [0.5, 0.6) is 0 Å². The Kier molecular flexibility index (Phi) is 4.57. The summed E-state index contributed by atoms with van der Waals surface area (Å²) in [6, 6.07) is 9.39. The number of amides is 2. The van der Waals surface area contributed by atoms with Crippen LogP contribution in [-0.4, -0.2) is 23.7 Å². The Bertz CT molecular complexity index is 483. The molecule has 0 aliphatic heterocycles. The van der Waals surface area contributed by atoms with Crippen molar-refractivity contribution in [2.45, 2.75) is 51.7 Å². The highest BCUT2D eigenvalue weighted by Crippen LogP contribution is 2.37. The first kappa shape index (κ1) is 15.8.